The van der Waals surface area contributed by atoms with Gasteiger partial charge in [0.1, 0.15) is 22.3 Å². The summed E-state index contributed by atoms with van der Waals surface area (Å²) in [5.74, 6) is -2.00. The molecule has 0 aromatic heterocycles. The number of esters is 1. The van der Waals surface area contributed by atoms with Crippen LogP contribution in [0.15, 0.2) is 83.5 Å². The predicted octanol–water partition coefficient (Wildman–Crippen LogP) is 5.09. The van der Waals surface area contributed by atoms with Crippen LogP contribution in [0.2, 0.25) is 0 Å². The number of rotatable bonds is 5. The standard InChI is InChI=1S/C23H13ClFIN2O4/c24-19-20(22(30)28(21(19)29)17-9-3-14(25)4-10-17)27-16-7-1-13(2-8-16)23(31)32-18-11-5-15(26)6-12-18/h1-12,27H. The number of imide groups is 1. The number of hydrogen-bond acceptors (Lipinski definition) is 5. The maximum atomic E-state index is 13.2. The van der Waals surface area contributed by atoms with Crippen LogP contribution in [0.1, 0.15) is 10.4 Å². The van der Waals surface area contributed by atoms with E-state index in [2.05, 4.69) is 27.9 Å². The molecule has 3 aromatic carbocycles. The Labute approximate surface area is 200 Å². The molecule has 0 saturated carbocycles. The van der Waals surface area contributed by atoms with Crippen molar-refractivity contribution in [2.75, 3.05) is 10.2 Å². The molecule has 0 aliphatic carbocycles. The van der Waals surface area contributed by atoms with Crippen molar-refractivity contribution in [1.82, 2.24) is 0 Å². The molecule has 1 aliphatic heterocycles. The zero-order chi connectivity index (χ0) is 22.8. The highest BCUT2D eigenvalue weighted by Gasteiger charge is 2.38. The van der Waals surface area contributed by atoms with Crippen molar-refractivity contribution in [3.8, 4) is 5.75 Å². The molecule has 6 nitrogen and oxygen atoms in total. The molecule has 2 amide bonds. The lowest BCUT2D eigenvalue weighted by atomic mass is 10.2. The van der Waals surface area contributed by atoms with E-state index in [0.717, 1.165) is 20.6 Å². The van der Waals surface area contributed by atoms with E-state index in [-0.39, 0.29) is 16.4 Å². The average molecular weight is 563 g/mol. The highest BCUT2D eigenvalue weighted by molar-refractivity contribution is 14.1. The fourth-order valence-corrected chi connectivity index (χ4v) is 3.51. The first-order valence-electron chi connectivity index (χ1n) is 9.22. The zero-order valence-corrected chi connectivity index (χ0v) is 19.1. The Morgan fingerprint density at radius 1 is 0.906 bits per heavy atom. The number of benzene rings is 3. The molecule has 4 rings (SSSR count). The Hall–Kier alpha value is -3.24. The van der Waals surface area contributed by atoms with Crippen LogP contribution in [0, 0.1) is 9.39 Å². The Morgan fingerprint density at radius 3 is 2.16 bits per heavy atom. The second kappa shape index (κ2) is 9.09. The first-order chi connectivity index (χ1) is 15.3. The van der Waals surface area contributed by atoms with Gasteiger partial charge in [-0.15, -0.1) is 0 Å². The van der Waals surface area contributed by atoms with Crippen LogP contribution in [0.4, 0.5) is 15.8 Å². The quantitative estimate of drug-likeness (QED) is 0.203. The van der Waals surface area contributed by atoms with E-state index in [9.17, 15) is 18.8 Å². The Morgan fingerprint density at radius 2 is 1.53 bits per heavy atom. The van der Waals surface area contributed by atoms with E-state index in [1.165, 1.54) is 24.3 Å². The largest absolute Gasteiger partial charge is 0.423 e. The second-order valence-corrected chi connectivity index (χ2v) is 8.28. The van der Waals surface area contributed by atoms with E-state index < -0.39 is 23.6 Å². The van der Waals surface area contributed by atoms with E-state index in [1.54, 1.807) is 24.3 Å². The number of nitrogens with one attached hydrogen (secondary N) is 1. The van der Waals surface area contributed by atoms with Crippen molar-refractivity contribution in [2.24, 2.45) is 0 Å². The van der Waals surface area contributed by atoms with E-state index in [1.807, 2.05) is 12.1 Å². The van der Waals surface area contributed by atoms with Gasteiger partial charge in [0.05, 0.1) is 11.3 Å². The molecule has 0 saturated heterocycles. The maximum absolute atomic E-state index is 13.2. The first kappa shape index (κ1) is 22.0. The molecule has 3 aromatic rings. The maximum Gasteiger partial charge on any atom is 0.343 e. The predicted molar refractivity (Wildman–Crippen MR) is 126 cm³/mol. The summed E-state index contributed by atoms with van der Waals surface area (Å²) in [6.45, 7) is 0. The molecular formula is C23H13ClFIN2O4. The molecule has 9 heteroatoms. The molecular weight excluding hydrogens is 550 g/mol. The minimum atomic E-state index is -0.719. The lowest BCUT2D eigenvalue weighted by Gasteiger charge is -2.15. The number of amides is 2. The van der Waals surface area contributed by atoms with Crippen LogP contribution in [0.3, 0.4) is 0 Å². The normalized spacial score (nSPS) is 13.5. The number of nitrogens with zero attached hydrogens (tertiary/aromatic N) is 1. The van der Waals surface area contributed by atoms with Gasteiger partial charge in [0.2, 0.25) is 0 Å². The van der Waals surface area contributed by atoms with Crippen LogP contribution in [0.25, 0.3) is 0 Å². The first-order valence-corrected chi connectivity index (χ1v) is 10.7. The Kier molecular flexibility index (Phi) is 6.24. The number of carbonyl (C=O) groups is 3. The number of halogens is 3. The Bertz CT molecular complexity index is 1240. The third-order valence-electron chi connectivity index (χ3n) is 4.53. The van der Waals surface area contributed by atoms with E-state index in [4.69, 9.17) is 16.3 Å². The monoisotopic (exact) mass is 562 g/mol. The van der Waals surface area contributed by atoms with Gasteiger partial charge in [-0.1, -0.05) is 11.6 Å². The van der Waals surface area contributed by atoms with Crippen molar-refractivity contribution in [3.05, 3.63) is 98.5 Å². The summed E-state index contributed by atoms with van der Waals surface area (Å²) in [6.07, 6.45) is 0. The molecule has 1 N–H and O–H groups in total. The minimum Gasteiger partial charge on any atom is -0.423 e. The van der Waals surface area contributed by atoms with Gasteiger partial charge in [-0.25, -0.2) is 14.1 Å². The fourth-order valence-electron chi connectivity index (χ4n) is 2.94. The van der Waals surface area contributed by atoms with Crippen molar-refractivity contribution < 1.29 is 23.5 Å². The van der Waals surface area contributed by atoms with Gasteiger partial charge in [0.15, 0.2) is 0 Å². The lowest BCUT2D eigenvalue weighted by Crippen LogP contribution is -2.32. The average Bonchev–Trinajstić information content (AvgIpc) is 3.00. The van der Waals surface area contributed by atoms with Gasteiger partial charge in [0.25, 0.3) is 11.8 Å². The van der Waals surface area contributed by atoms with E-state index in [0.29, 0.717) is 17.0 Å². The number of anilines is 2. The smallest absolute Gasteiger partial charge is 0.343 e. The summed E-state index contributed by atoms with van der Waals surface area (Å²) in [5, 5.41) is 2.52. The fraction of sp³-hybridized carbons (Fsp3) is 0. The molecule has 1 heterocycles. The lowest BCUT2D eigenvalue weighted by molar-refractivity contribution is -0.120. The number of ether oxygens (including phenoxy) is 1. The van der Waals surface area contributed by atoms with Gasteiger partial charge in [-0.3, -0.25) is 9.59 Å². The molecule has 0 atom stereocenters. The minimum absolute atomic E-state index is 0.116. The third-order valence-corrected chi connectivity index (χ3v) is 5.60. The summed E-state index contributed by atoms with van der Waals surface area (Å²) in [7, 11) is 0. The highest BCUT2D eigenvalue weighted by Crippen LogP contribution is 2.30. The summed E-state index contributed by atoms with van der Waals surface area (Å²) >= 11 is 8.24. The van der Waals surface area contributed by atoms with Crippen molar-refractivity contribution in [3.63, 3.8) is 0 Å². The van der Waals surface area contributed by atoms with Gasteiger partial charge >= 0.3 is 5.97 Å². The second-order valence-electron chi connectivity index (χ2n) is 6.66. The molecule has 32 heavy (non-hydrogen) atoms. The van der Waals surface area contributed by atoms with Gasteiger partial charge in [-0.2, -0.15) is 0 Å². The zero-order valence-electron chi connectivity index (χ0n) is 16.1. The molecule has 0 spiro atoms. The third kappa shape index (κ3) is 4.51. The summed E-state index contributed by atoms with van der Waals surface area (Å²) < 4.78 is 19.5. The van der Waals surface area contributed by atoms with Gasteiger partial charge in [0, 0.05) is 9.26 Å². The summed E-state index contributed by atoms with van der Waals surface area (Å²) in [4.78, 5) is 38.4. The molecule has 0 fully saturated rings. The SMILES string of the molecule is O=C(Oc1ccc(I)cc1)c1ccc(NC2=C(Cl)C(=O)N(c3ccc(F)cc3)C2=O)cc1. The summed E-state index contributed by atoms with van der Waals surface area (Å²) in [5.41, 5.74) is 0.822. The Balaban J connectivity index is 1.47. The topological polar surface area (TPSA) is 75.7 Å². The van der Waals surface area contributed by atoms with Gasteiger partial charge in [-0.05, 0) is 95.4 Å². The molecule has 0 radical (unpaired) electrons. The summed E-state index contributed by atoms with van der Waals surface area (Å²) in [6, 6.07) is 18.1. The van der Waals surface area contributed by atoms with Crippen LogP contribution in [0.5, 0.6) is 5.75 Å². The van der Waals surface area contributed by atoms with Gasteiger partial charge < -0.3 is 10.1 Å². The van der Waals surface area contributed by atoms with Crippen LogP contribution >= 0.6 is 34.2 Å². The molecule has 160 valence electrons. The highest BCUT2D eigenvalue weighted by atomic mass is 127. The molecule has 0 unspecified atom stereocenters. The number of carbonyl (C=O) groups excluding carboxylic acids is 3. The van der Waals surface area contributed by atoms with Crippen molar-refractivity contribution in [2.45, 2.75) is 0 Å². The van der Waals surface area contributed by atoms with E-state index >= 15 is 0 Å². The van der Waals surface area contributed by atoms with Crippen molar-refractivity contribution >= 4 is 63.4 Å². The molecule has 1 aliphatic rings. The number of hydrogen-bond donors (Lipinski definition) is 1. The van der Waals surface area contributed by atoms with Crippen LogP contribution in [-0.2, 0) is 9.59 Å². The van der Waals surface area contributed by atoms with Crippen molar-refractivity contribution in [1.29, 1.82) is 0 Å². The molecule has 0 bridgehead atoms. The van der Waals surface area contributed by atoms with Crippen LogP contribution < -0.4 is 15.0 Å². The van der Waals surface area contributed by atoms with Crippen LogP contribution in [-0.4, -0.2) is 17.8 Å².